The van der Waals surface area contributed by atoms with E-state index in [9.17, 15) is 0 Å². The molecule has 0 atom stereocenters. The first-order chi connectivity index (χ1) is 47.7. The number of benzene rings is 6. The number of imidazole rings is 5. The third-order valence-electron chi connectivity index (χ3n) is 16.4. The molecule has 0 fully saturated rings. The maximum absolute atomic E-state index is 4.35. The largest absolute Gasteiger partial charge is 0.358 e. The fourth-order valence-corrected chi connectivity index (χ4v) is 12.3. The maximum atomic E-state index is 4.35. The third-order valence-corrected chi connectivity index (χ3v) is 16.4. The second kappa shape index (κ2) is 47.3. The molecule has 41 heteroatoms. The van der Waals surface area contributed by atoms with Gasteiger partial charge in [-0.2, -0.15) is 20.4 Å². The molecule has 0 saturated heterocycles. The number of rotatable bonds is 0. The van der Waals surface area contributed by atoms with E-state index in [1.54, 1.807) is 77.9 Å². The first kappa shape index (κ1) is 108. The molecule has 0 aliphatic rings. The zero-order chi connectivity index (χ0) is 63.2. The molecule has 0 aliphatic heterocycles. The van der Waals surface area contributed by atoms with Crippen molar-refractivity contribution in [1.29, 1.82) is 0 Å². The van der Waals surface area contributed by atoms with Gasteiger partial charge in [-0.05, 0) is 45.2 Å². The van der Waals surface area contributed by atoms with Crippen LogP contribution in [0.5, 0.6) is 0 Å². The summed E-state index contributed by atoms with van der Waals surface area (Å²) in [7, 11) is 0. The Hall–Kier alpha value is -3.99. The van der Waals surface area contributed by atoms with Crippen LogP contribution in [0.1, 0.15) is 0 Å². The Morgan fingerprint density at radius 1 is 0.254 bits per heavy atom. The van der Waals surface area contributed by atoms with Gasteiger partial charge in [0.25, 0.3) is 0 Å². The Balaban J connectivity index is 0.000000663. The first-order valence-electron chi connectivity index (χ1n) is 29.5. The topological polar surface area (TPSA) is 272 Å². The minimum absolute atomic E-state index is 0. The van der Waals surface area contributed by atoms with Crippen molar-refractivity contribution in [3.63, 3.8) is 0 Å². The molecule has 0 spiro atoms. The number of hydrogen-bond donors (Lipinski definition) is 0. The van der Waals surface area contributed by atoms with E-state index < -0.39 is 0 Å². The molecule has 0 amide bonds. The number of aromatic nitrogens is 29. The zero-order valence-electron chi connectivity index (χ0n) is 60.8. The van der Waals surface area contributed by atoms with Gasteiger partial charge in [0.1, 0.15) is 49.3 Å². The molecule has 0 N–H and O–H groups in total. The van der Waals surface area contributed by atoms with Crippen molar-refractivity contribution < 1.29 is 317 Å². The van der Waals surface area contributed by atoms with Crippen LogP contribution in [0.25, 0.3) is 134 Å². The fraction of sp³-hybridized carbons (Fsp3) is 0. The van der Waals surface area contributed by atoms with Crippen molar-refractivity contribution in [3.05, 3.63) is 309 Å². The molecule has 24 rings (SSSR count). The second-order valence-electron chi connectivity index (χ2n) is 21.4. The van der Waals surface area contributed by atoms with Crippen molar-refractivity contribution in [2.24, 2.45) is 0 Å². The van der Waals surface area contributed by atoms with Crippen LogP contribution >= 0.6 is 0 Å². The van der Waals surface area contributed by atoms with Crippen LogP contribution in [-0.2, 0) is 317 Å². The Bertz CT molecular complexity index is 5610. The summed E-state index contributed by atoms with van der Waals surface area (Å²) in [4.78, 5) is 25.7. The summed E-state index contributed by atoms with van der Waals surface area (Å²) in [6.45, 7) is 0. The van der Waals surface area contributed by atoms with Gasteiger partial charge in [0.15, 0.2) is 0 Å². The van der Waals surface area contributed by atoms with Crippen LogP contribution in [-0.4, -0.2) is 139 Å². The summed E-state index contributed by atoms with van der Waals surface area (Å²) in [5.41, 5.74) is 13.2. The average Bonchev–Trinajstić information content (AvgIpc) is 1.62. The van der Waals surface area contributed by atoms with Crippen LogP contribution in [0.3, 0.4) is 0 Å². The van der Waals surface area contributed by atoms with Crippen molar-refractivity contribution in [3.8, 4) is 0 Å². The third kappa shape index (κ3) is 19.2. The molecule has 0 aliphatic carbocycles. The quantitative estimate of drug-likeness (QED) is 0.128. The minimum atomic E-state index is 0. The minimum Gasteiger partial charge on any atom is -0.358 e. The summed E-state index contributed by atoms with van der Waals surface area (Å²) < 4.78 is 23.2. The Morgan fingerprint density at radius 2 is 0.596 bits per heavy atom. The van der Waals surface area contributed by atoms with Crippen LogP contribution in [0.2, 0.25) is 0 Å². The summed E-state index contributed by atoms with van der Waals surface area (Å²) in [5, 5.41) is 50.1. The molecule has 0 saturated carbocycles. The van der Waals surface area contributed by atoms with Gasteiger partial charge in [0.2, 0.25) is 23.1 Å². The van der Waals surface area contributed by atoms with Gasteiger partial charge >= 0.3 is 0 Å². The summed E-state index contributed by atoms with van der Waals surface area (Å²) in [5.74, 6) is 3.10. The molecule has 18 heterocycles. The monoisotopic (exact) mass is 3030 g/mol. The van der Waals surface area contributed by atoms with Gasteiger partial charge in [0.05, 0.1) is 46.4 Å². The van der Waals surface area contributed by atoms with Crippen molar-refractivity contribution in [2.75, 3.05) is 0 Å². The second-order valence-corrected chi connectivity index (χ2v) is 21.4. The summed E-state index contributed by atoms with van der Waals surface area (Å²) in [6.07, 6.45) is 30.3. The Morgan fingerprint density at radius 3 is 1.08 bits per heavy atom. The number of hydrogen-bond acceptors (Lipinski definition) is 17. The molecule has 18 aromatic heterocycles. The average molecular weight is 3030 g/mol. The Labute approximate surface area is 883 Å². The molecule has 114 heavy (non-hydrogen) atoms. The molecule has 6 aromatic carbocycles. The van der Waals surface area contributed by atoms with E-state index in [2.05, 4.69) is 139 Å². The van der Waals surface area contributed by atoms with Gasteiger partial charge in [-0.3, -0.25) is 19.4 Å². The van der Waals surface area contributed by atoms with Crippen LogP contribution < -0.4 is 0 Å². The van der Waals surface area contributed by atoms with E-state index in [-0.39, 0.29) is 361 Å². The summed E-state index contributed by atoms with van der Waals surface area (Å²) >= 11 is 0. The van der Waals surface area contributed by atoms with Gasteiger partial charge in [0, 0.05) is 373 Å². The van der Waals surface area contributed by atoms with E-state index in [1.165, 1.54) is 6.33 Å². The normalized spacial score (nSPS) is 9.89. The van der Waals surface area contributed by atoms with Gasteiger partial charge in [-0.15, -0.1) is 181 Å². The van der Waals surface area contributed by atoms with E-state index in [0.29, 0.717) is 5.78 Å². The van der Waals surface area contributed by atoms with Crippen molar-refractivity contribution >= 4 is 134 Å². The molecule has 0 unspecified atom stereocenters. The van der Waals surface area contributed by atoms with Gasteiger partial charge in [-0.1, -0.05) is 32.3 Å². The smallest absolute Gasteiger partial charge is 0.225 e. The van der Waals surface area contributed by atoms with E-state index in [1.807, 2.05) is 180 Å². The molecule has 29 nitrogen and oxygen atoms in total. The van der Waals surface area contributed by atoms with Crippen molar-refractivity contribution in [2.45, 2.75) is 0 Å². The SMILES string of the molecule is [CH3-].[CH3-].[CH3-].[CH3-].[CH3-].[CH3-].[Ir].[Ir].[Ir].[Ir].[Ir].[Ir].[Y].[Y].[Y].[Y].[Y].[Y].[c-]1cccc2c1c1nccn1c1nccn21.[c-]1cccc2c1c1nccn1c1nncn21.[c-]1cccc2c1c1ncnn1c1nccn21.[c-]1cccc2c1c1nncn1c1cccn21.[c-]1cccc2c1c1nncn1c1cncn21.[c-]1cccc2c1c1nncn1c1nncn21. The number of fused-ring (bicyclic) bond motifs is 36. The Kier molecular flexibility index (Phi) is 44.8. The van der Waals surface area contributed by atoms with Crippen LogP contribution in [0.15, 0.2) is 228 Å². The molecular weight excluding hydrogens is 2970 g/mol. The van der Waals surface area contributed by atoms with Crippen molar-refractivity contribution in [1.82, 2.24) is 139 Å². The van der Waals surface area contributed by atoms with Crippen LogP contribution in [0, 0.1) is 81.0 Å². The first-order valence-corrected chi connectivity index (χ1v) is 29.5. The van der Waals surface area contributed by atoms with E-state index in [0.717, 1.165) is 128 Å². The van der Waals surface area contributed by atoms with E-state index >= 15 is 0 Å². The predicted molar refractivity (Wildman–Crippen MR) is 389 cm³/mol. The van der Waals surface area contributed by atoms with Crippen LogP contribution in [0.4, 0.5) is 0 Å². The number of nitrogens with zero attached hydrogens (tertiary/aromatic N) is 29. The standard InChI is InChI=1S/2C12H7N4.3C11H6N5.C10H5N6.6CH3.6Ir.6Y/c1-2-5-10-9(4-1)12-14-13-8-16(12)11-6-3-7-15(10)11;1-2-4-10-9(3-1)11-13-5-8-16(11)12-14-6-7-15(10)12;1-2-4-9-8(3-1)11-14-13-7-16(11)10-5-12-6-15(9)10;1-2-4-9-8(3-1)10-13-7-14-16(10)11-12-5-6-15(9)11;1-2-4-9-8(3-1)10-12-5-6-15(10)11-14-13-7-16(9)11;1-2-4-8-7(3-1)9-13-11-6-16(9)10-14-12-5-15(8)10;;;;;;;;;;;;;;;;;;/h1-3,5-8H;1-2,4-8H;3*1-2,4-7H;1-2,4-6H;6*1H3;;;;;;;;;;;;/q12*-1;;;;;;;;;;;;. The molecule has 24 aromatic rings. The molecule has 12 radical (unpaired) electrons. The summed E-state index contributed by atoms with van der Waals surface area (Å²) in [6, 6.07) is 58.4. The maximum Gasteiger partial charge on any atom is 0.225 e. The van der Waals surface area contributed by atoms with Gasteiger partial charge in [-0.25, -0.2) is 19.5 Å². The molecular formula is C73H55Ir6N29Y6-12. The fourth-order valence-electron chi connectivity index (χ4n) is 12.3. The predicted octanol–water partition coefficient (Wildman–Crippen LogP) is 11.3. The van der Waals surface area contributed by atoms with Gasteiger partial charge < -0.3 is 88.6 Å². The van der Waals surface area contributed by atoms with E-state index in [4.69, 9.17) is 0 Å². The molecule has 576 valence electrons. The zero-order valence-corrected chi connectivity index (χ0v) is 92.2. The molecule has 0 bridgehead atoms.